The van der Waals surface area contributed by atoms with Crippen molar-refractivity contribution in [1.82, 2.24) is 0 Å². The summed E-state index contributed by atoms with van der Waals surface area (Å²) in [5.74, 6) is 0.0867. The Morgan fingerprint density at radius 3 is 2.50 bits per heavy atom. The highest BCUT2D eigenvalue weighted by atomic mass is 79.9. The van der Waals surface area contributed by atoms with E-state index in [1.165, 1.54) is 0 Å². The van der Waals surface area contributed by atoms with Crippen LogP contribution in [0.5, 0.6) is 0 Å². The van der Waals surface area contributed by atoms with E-state index in [0.29, 0.717) is 6.42 Å². The van der Waals surface area contributed by atoms with Crippen LogP contribution in [0.25, 0.3) is 0 Å². The van der Waals surface area contributed by atoms with Gasteiger partial charge in [0, 0.05) is 27.6 Å². The summed E-state index contributed by atoms with van der Waals surface area (Å²) in [6.45, 7) is 0.774. The van der Waals surface area contributed by atoms with Crippen LogP contribution in [0.15, 0.2) is 51.4 Å². The van der Waals surface area contributed by atoms with Crippen LogP contribution < -0.4 is 10.2 Å². The van der Waals surface area contributed by atoms with Gasteiger partial charge in [0.25, 0.3) is 0 Å². The molecule has 0 radical (unpaired) electrons. The minimum atomic E-state index is -0.0805. The number of anilines is 2. The van der Waals surface area contributed by atoms with Crippen LogP contribution in [0.3, 0.4) is 0 Å². The summed E-state index contributed by atoms with van der Waals surface area (Å²) in [7, 11) is 0. The molecule has 2 amide bonds. The van der Waals surface area contributed by atoms with Gasteiger partial charge in [-0.2, -0.15) is 0 Å². The maximum absolute atomic E-state index is 12.2. The van der Waals surface area contributed by atoms with Crippen molar-refractivity contribution in [3.8, 4) is 0 Å². The fraction of sp³-hybridized carbons (Fsp3) is 0.222. The maximum Gasteiger partial charge on any atom is 0.228 e. The van der Waals surface area contributed by atoms with Gasteiger partial charge in [0.1, 0.15) is 0 Å². The minimum Gasteiger partial charge on any atom is -0.325 e. The normalized spacial score (nSPS) is 14.1. The summed E-state index contributed by atoms with van der Waals surface area (Å²) in [5, 5.41) is 2.89. The van der Waals surface area contributed by atoms with Crippen molar-refractivity contribution in [1.29, 1.82) is 0 Å². The lowest BCUT2D eigenvalue weighted by Crippen LogP contribution is -2.23. The van der Waals surface area contributed by atoms with E-state index in [-0.39, 0.29) is 18.2 Å². The number of amides is 2. The van der Waals surface area contributed by atoms with Gasteiger partial charge in [-0.3, -0.25) is 9.59 Å². The van der Waals surface area contributed by atoms with Crippen molar-refractivity contribution >= 4 is 55.0 Å². The van der Waals surface area contributed by atoms with Crippen molar-refractivity contribution in [2.75, 3.05) is 16.8 Å². The molecule has 1 aliphatic heterocycles. The van der Waals surface area contributed by atoms with Crippen LogP contribution in [0.4, 0.5) is 11.4 Å². The molecule has 1 aliphatic rings. The number of hydrogen-bond acceptors (Lipinski definition) is 2. The molecule has 124 valence electrons. The number of carbonyl (C=O) groups excluding carboxylic acids is 2. The summed E-state index contributed by atoms with van der Waals surface area (Å²) < 4.78 is 1.77. The fourth-order valence-electron chi connectivity index (χ4n) is 2.69. The third kappa shape index (κ3) is 4.05. The summed E-state index contributed by atoms with van der Waals surface area (Å²) >= 11 is 6.82. The van der Waals surface area contributed by atoms with E-state index in [1.807, 2.05) is 42.5 Å². The average Bonchev–Trinajstić information content (AvgIpc) is 2.97. The molecule has 1 fully saturated rings. The molecular formula is C18H16Br2N2O2. The molecule has 0 bridgehead atoms. The molecule has 24 heavy (non-hydrogen) atoms. The average molecular weight is 452 g/mol. The third-order valence-corrected chi connectivity index (χ3v) is 5.04. The van der Waals surface area contributed by atoms with Crippen LogP contribution in [0, 0.1) is 0 Å². The Morgan fingerprint density at radius 2 is 1.88 bits per heavy atom. The van der Waals surface area contributed by atoms with E-state index in [0.717, 1.165) is 38.8 Å². The molecule has 0 aromatic heterocycles. The molecule has 0 unspecified atom stereocenters. The van der Waals surface area contributed by atoms with Crippen LogP contribution in [-0.4, -0.2) is 18.4 Å². The highest BCUT2D eigenvalue weighted by Crippen LogP contribution is 2.26. The number of carbonyl (C=O) groups is 2. The van der Waals surface area contributed by atoms with Crippen molar-refractivity contribution in [2.45, 2.75) is 19.3 Å². The molecule has 3 rings (SSSR count). The lowest BCUT2D eigenvalue weighted by molar-refractivity contribution is -0.117. The van der Waals surface area contributed by atoms with Crippen LogP contribution in [0.2, 0.25) is 0 Å². The summed E-state index contributed by atoms with van der Waals surface area (Å²) in [4.78, 5) is 25.7. The van der Waals surface area contributed by atoms with Crippen LogP contribution in [0.1, 0.15) is 18.4 Å². The molecule has 1 N–H and O–H groups in total. The topological polar surface area (TPSA) is 49.4 Å². The molecule has 1 heterocycles. The Labute approximate surface area is 157 Å². The number of hydrogen-bond donors (Lipinski definition) is 1. The van der Waals surface area contributed by atoms with Gasteiger partial charge in [-0.1, -0.05) is 28.1 Å². The van der Waals surface area contributed by atoms with Gasteiger partial charge in [0.2, 0.25) is 11.8 Å². The quantitative estimate of drug-likeness (QED) is 0.742. The molecule has 0 spiro atoms. The van der Waals surface area contributed by atoms with E-state index in [4.69, 9.17) is 0 Å². The van der Waals surface area contributed by atoms with E-state index in [9.17, 15) is 9.59 Å². The zero-order valence-electron chi connectivity index (χ0n) is 12.9. The second-order valence-electron chi connectivity index (χ2n) is 5.66. The van der Waals surface area contributed by atoms with Gasteiger partial charge < -0.3 is 10.2 Å². The Bertz CT molecular complexity index is 775. The zero-order valence-corrected chi connectivity index (χ0v) is 16.1. The first-order valence-electron chi connectivity index (χ1n) is 7.67. The van der Waals surface area contributed by atoms with E-state index in [1.54, 1.807) is 4.90 Å². The number of rotatable bonds is 4. The molecule has 2 aromatic rings. The Balaban J connectivity index is 1.63. The first-order chi connectivity index (χ1) is 11.5. The number of nitrogens with one attached hydrogen (secondary N) is 1. The van der Waals surface area contributed by atoms with E-state index < -0.39 is 0 Å². The Kier molecular flexibility index (Phi) is 5.36. The van der Waals surface area contributed by atoms with Gasteiger partial charge in [0.15, 0.2) is 0 Å². The molecule has 2 aromatic carbocycles. The molecule has 4 nitrogen and oxygen atoms in total. The smallest absolute Gasteiger partial charge is 0.228 e. The summed E-state index contributed by atoms with van der Waals surface area (Å²) in [6, 6.07) is 13.2. The number of benzene rings is 2. The van der Waals surface area contributed by atoms with Gasteiger partial charge >= 0.3 is 0 Å². The lowest BCUT2D eigenvalue weighted by atomic mass is 10.1. The third-order valence-electron chi connectivity index (χ3n) is 3.89. The first kappa shape index (κ1) is 17.2. The first-order valence-corrected chi connectivity index (χ1v) is 9.26. The van der Waals surface area contributed by atoms with E-state index >= 15 is 0 Å². The largest absolute Gasteiger partial charge is 0.325 e. The van der Waals surface area contributed by atoms with Crippen molar-refractivity contribution in [2.24, 2.45) is 0 Å². The Morgan fingerprint density at radius 1 is 1.12 bits per heavy atom. The second kappa shape index (κ2) is 7.49. The van der Waals surface area contributed by atoms with Crippen molar-refractivity contribution < 1.29 is 9.59 Å². The summed E-state index contributed by atoms with van der Waals surface area (Å²) in [6.07, 6.45) is 1.81. The predicted octanol–water partition coefficient (Wildman–Crippen LogP) is 4.52. The number of halogens is 2. The number of nitrogens with zero attached hydrogens (tertiary/aromatic N) is 1. The predicted molar refractivity (Wildman–Crippen MR) is 102 cm³/mol. The Hall–Kier alpha value is -1.66. The van der Waals surface area contributed by atoms with Gasteiger partial charge in [-0.05, 0) is 58.2 Å². The summed E-state index contributed by atoms with van der Waals surface area (Å²) in [5.41, 5.74) is 2.55. The van der Waals surface area contributed by atoms with Crippen molar-refractivity contribution in [3.05, 3.63) is 57.0 Å². The molecule has 0 aliphatic carbocycles. The molecule has 0 atom stereocenters. The second-order valence-corrected chi connectivity index (χ2v) is 7.43. The van der Waals surface area contributed by atoms with Gasteiger partial charge in [-0.25, -0.2) is 0 Å². The highest BCUT2D eigenvalue weighted by Gasteiger charge is 2.21. The fourth-order valence-corrected chi connectivity index (χ4v) is 3.83. The van der Waals surface area contributed by atoms with Gasteiger partial charge in [-0.15, -0.1) is 0 Å². The van der Waals surface area contributed by atoms with Crippen molar-refractivity contribution in [3.63, 3.8) is 0 Å². The van der Waals surface area contributed by atoms with Crippen LogP contribution in [-0.2, 0) is 16.0 Å². The maximum atomic E-state index is 12.2. The molecular weight excluding hydrogens is 436 g/mol. The highest BCUT2D eigenvalue weighted by molar-refractivity contribution is 9.11. The zero-order chi connectivity index (χ0) is 17.1. The van der Waals surface area contributed by atoms with Gasteiger partial charge in [0.05, 0.1) is 12.1 Å². The SMILES string of the molecule is O=C(Cc1ccc(N2CCCC2=O)cc1)Nc1ccc(Br)cc1Br. The monoisotopic (exact) mass is 450 g/mol. The molecule has 1 saturated heterocycles. The lowest BCUT2D eigenvalue weighted by Gasteiger charge is -2.16. The van der Waals surface area contributed by atoms with Crippen LogP contribution >= 0.6 is 31.9 Å². The molecule has 6 heteroatoms. The molecule has 0 saturated carbocycles. The standard InChI is InChI=1S/C18H16Br2N2O2/c19-13-5-8-16(15(20)11-13)21-17(23)10-12-3-6-14(7-4-12)22-9-1-2-18(22)24/h3-8,11H,1-2,9-10H2,(H,21,23). The van der Waals surface area contributed by atoms with E-state index in [2.05, 4.69) is 37.2 Å². The minimum absolute atomic E-state index is 0.0805.